The third-order valence-corrected chi connectivity index (χ3v) is 5.12. The quantitative estimate of drug-likeness (QED) is 0.920. The minimum Gasteiger partial charge on any atom is -0.481 e. The summed E-state index contributed by atoms with van der Waals surface area (Å²) in [5, 5.41) is 9.50. The predicted molar refractivity (Wildman–Crippen MR) is 81.9 cm³/mol. The average molecular weight is 332 g/mol. The highest BCUT2D eigenvalue weighted by atomic mass is 35.5. The molecule has 1 aliphatic heterocycles. The van der Waals surface area contributed by atoms with Crippen molar-refractivity contribution >= 4 is 33.1 Å². The van der Waals surface area contributed by atoms with Gasteiger partial charge in [0.15, 0.2) is 9.84 Å². The van der Waals surface area contributed by atoms with Crippen LogP contribution in [0.5, 0.6) is 0 Å². The summed E-state index contributed by atoms with van der Waals surface area (Å²) in [6.45, 7) is 2.91. The Labute approximate surface area is 129 Å². The molecule has 21 heavy (non-hydrogen) atoms. The molecule has 1 N–H and O–H groups in total. The molecule has 0 spiro atoms. The second-order valence-electron chi connectivity index (χ2n) is 5.47. The van der Waals surface area contributed by atoms with E-state index >= 15 is 0 Å². The van der Waals surface area contributed by atoms with Crippen LogP contribution in [-0.4, -0.2) is 38.8 Å². The first kappa shape index (κ1) is 16.1. The van der Waals surface area contributed by atoms with E-state index in [1.54, 1.807) is 13.0 Å². The Balaban J connectivity index is 2.38. The normalized spacial score (nSPS) is 19.6. The van der Waals surface area contributed by atoms with Gasteiger partial charge in [0.05, 0.1) is 21.5 Å². The molecule has 116 valence electrons. The van der Waals surface area contributed by atoms with Crippen molar-refractivity contribution < 1.29 is 18.3 Å². The first-order valence-corrected chi connectivity index (χ1v) is 8.95. The van der Waals surface area contributed by atoms with Crippen molar-refractivity contribution in [3.63, 3.8) is 0 Å². The van der Waals surface area contributed by atoms with Gasteiger partial charge in [0.1, 0.15) is 0 Å². The smallest absolute Gasteiger partial charge is 0.308 e. The second kappa shape index (κ2) is 5.85. The van der Waals surface area contributed by atoms with Gasteiger partial charge in [-0.1, -0.05) is 11.6 Å². The zero-order chi connectivity index (χ0) is 15.8. The fraction of sp³-hybridized carbons (Fsp3) is 0.500. The molecule has 1 atom stereocenters. The molecule has 1 saturated heterocycles. The van der Waals surface area contributed by atoms with Crippen LogP contribution in [-0.2, 0) is 14.6 Å². The number of aryl methyl sites for hydroxylation is 1. The standard InChI is InChI=1S/C14H18ClNO4S/c1-9-6-11(21(2,19)20)7-12(15)13(9)16-5-3-4-10(8-16)14(17)18/h6-7,10H,3-5,8H2,1-2H3,(H,17,18). The zero-order valence-corrected chi connectivity index (χ0v) is 13.5. The summed E-state index contributed by atoms with van der Waals surface area (Å²) in [7, 11) is -3.32. The minimum atomic E-state index is -3.32. The number of carbonyl (C=O) groups is 1. The van der Waals surface area contributed by atoms with E-state index in [9.17, 15) is 13.2 Å². The number of anilines is 1. The number of nitrogens with zero attached hydrogens (tertiary/aromatic N) is 1. The molecule has 5 nitrogen and oxygen atoms in total. The van der Waals surface area contributed by atoms with E-state index in [1.807, 2.05) is 4.90 Å². The van der Waals surface area contributed by atoms with Crippen molar-refractivity contribution in [2.45, 2.75) is 24.7 Å². The number of hydrogen-bond acceptors (Lipinski definition) is 4. The Bertz CT molecular complexity index is 649. The average Bonchev–Trinajstić information content (AvgIpc) is 2.37. The second-order valence-corrected chi connectivity index (χ2v) is 7.89. The summed E-state index contributed by atoms with van der Waals surface area (Å²) in [4.78, 5) is 13.3. The maximum atomic E-state index is 11.6. The van der Waals surface area contributed by atoms with Gasteiger partial charge in [0, 0.05) is 19.3 Å². The summed E-state index contributed by atoms with van der Waals surface area (Å²) < 4.78 is 23.2. The number of aliphatic carboxylic acids is 1. The van der Waals surface area contributed by atoms with E-state index < -0.39 is 21.7 Å². The fourth-order valence-electron chi connectivity index (χ4n) is 2.70. The molecule has 0 aromatic heterocycles. The Morgan fingerprint density at radius 2 is 2.10 bits per heavy atom. The molecular weight excluding hydrogens is 314 g/mol. The molecule has 1 aromatic carbocycles. The molecule has 1 aromatic rings. The predicted octanol–water partition coefficient (Wildman–Crippen LogP) is 2.35. The number of sulfone groups is 1. The van der Waals surface area contributed by atoms with Crippen LogP contribution < -0.4 is 4.90 Å². The maximum Gasteiger partial charge on any atom is 0.308 e. The molecular formula is C14H18ClNO4S. The topological polar surface area (TPSA) is 74.7 Å². The lowest BCUT2D eigenvalue weighted by molar-refractivity contribution is -0.141. The van der Waals surface area contributed by atoms with Gasteiger partial charge in [0.25, 0.3) is 0 Å². The van der Waals surface area contributed by atoms with Gasteiger partial charge in [0.2, 0.25) is 0 Å². The van der Waals surface area contributed by atoms with Gasteiger partial charge in [-0.3, -0.25) is 4.79 Å². The third-order valence-electron chi connectivity index (χ3n) is 3.74. The number of carboxylic acid groups (broad SMARTS) is 1. The Morgan fingerprint density at radius 3 is 2.62 bits per heavy atom. The number of rotatable bonds is 3. The van der Waals surface area contributed by atoms with Gasteiger partial charge in [-0.05, 0) is 37.5 Å². The van der Waals surface area contributed by atoms with Crippen LogP contribution in [0, 0.1) is 12.8 Å². The van der Waals surface area contributed by atoms with Crippen molar-refractivity contribution in [2.24, 2.45) is 5.92 Å². The number of hydrogen-bond donors (Lipinski definition) is 1. The van der Waals surface area contributed by atoms with Crippen LogP contribution in [0.2, 0.25) is 5.02 Å². The van der Waals surface area contributed by atoms with E-state index in [-0.39, 0.29) is 4.90 Å². The minimum absolute atomic E-state index is 0.181. The van der Waals surface area contributed by atoms with Crippen LogP contribution in [0.1, 0.15) is 18.4 Å². The van der Waals surface area contributed by atoms with E-state index in [4.69, 9.17) is 16.7 Å². The van der Waals surface area contributed by atoms with Gasteiger partial charge in [-0.25, -0.2) is 8.42 Å². The number of carboxylic acids is 1. The lowest BCUT2D eigenvalue weighted by Crippen LogP contribution is -2.39. The van der Waals surface area contributed by atoms with Crippen molar-refractivity contribution in [3.8, 4) is 0 Å². The molecule has 1 fully saturated rings. The Morgan fingerprint density at radius 1 is 1.43 bits per heavy atom. The lowest BCUT2D eigenvalue weighted by Gasteiger charge is -2.34. The van der Waals surface area contributed by atoms with E-state index in [2.05, 4.69) is 0 Å². The van der Waals surface area contributed by atoms with Crippen molar-refractivity contribution in [3.05, 3.63) is 22.7 Å². The zero-order valence-electron chi connectivity index (χ0n) is 12.0. The Hall–Kier alpha value is -1.27. The third kappa shape index (κ3) is 3.49. The summed E-state index contributed by atoms with van der Waals surface area (Å²) in [5.74, 6) is -1.22. The van der Waals surface area contributed by atoms with E-state index in [0.717, 1.165) is 30.5 Å². The van der Waals surface area contributed by atoms with Crippen LogP contribution in [0.15, 0.2) is 17.0 Å². The molecule has 1 unspecified atom stereocenters. The van der Waals surface area contributed by atoms with Crippen LogP contribution in [0.25, 0.3) is 0 Å². The van der Waals surface area contributed by atoms with Gasteiger partial charge < -0.3 is 10.0 Å². The molecule has 1 aliphatic rings. The Kier molecular flexibility index (Phi) is 4.49. The highest BCUT2D eigenvalue weighted by Crippen LogP contribution is 2.35. The summed E-state index contributed by atoms with van der Waals surface area (Å²) in [5.41, 5.74) is 1.48. The fourth-order valence-corrected chi connectivity index (χ4v) is 3.87. The highest BCUT2D eigenvalue weighted by Gasteiger charge is 2.27. The van der Waals surface area contributed by atoms with Gasteiger partial charge in [-0.15, -0.1) is 0 Å². The molecule has 1 heterocycles. The van der Waals surface area contributed by atoms with E-state index in [0.29, 0.717) is 18.0 Å². The SMILES string of the molecule is Cc1cc(S(C)(=O)=O)cc(Cl)c1N1CCCC(C(=O)O)C1. The van der Waals surface area contributed by atoms with Crippen LogP contribution in [0.4, 0.5) is 5.69 Å². The van der Waals surface area contributed by atoms with Gasteiger partial charge >= 0.3 is 5.97 Å². The molecule has 0 saturated carbocycles. The first-order valence-electron chi connectivity index (χ1n) is 6.68. The molecule has 0 bridgehead atoms. The monoisotopic (exact) mass is 331 g/mol. The van der Waals surface area contributed by atoms with Crippen LogP contribution in [0.3, 0.4) is 0 Å². The molecule has 2 rings (SSSR count). The molecule has 0 radical (unpaired) electrons. The first-order chi connectivity index (χ1) is 9.70. The summed E-state index contributed by atoms with van der Waals surface area (Å²) in [6, 6.07) is 3.02. The molecule has 7 heteroatoms. The maximum absolute atomic E-state index is 11.6. The number of piperidine rings is 1. The summed E-state index contributed by atoms with van der Waals surface area (Å²) in [6.07, 6.45) is 2.57. The number of benzene rings is 1. The van der Waals surface area contributed by atoms with E-state index in [1.165, 1.54) is 6.07 Å². The van der Waals surface area contributed by atoms with Crippen molar-refractivity contribution in [1.29, 1.82) is 0 Å². The lowest BCUT2D eigenvalue weighted by atomic mass is 9.97. The van der Waals surface area contributed by atoms with Crippen molar-refractivity contribution in [2.75, 3.05) is 24.2 Å². The largest absolute Gasteiger partial charge is 0.481 e. The van der Waals surface area contributed by atoms with Gasteiger partial charge in [-0.2, -0.15) is 0 Å². The van der Waals surface area contributed by atoms with Crippen LogP contribution >= 0.6 is 11.6 Å². The number of halogens is 1. The highest BCUT2D eigenvalue weighted by molar-refractivity contribution is 7.90. The molecule has 0 aliphatic carbocycles. The van der Waals surface area contributed by atoms with Crippen molar-refractivity contribution in [1.82, 2.24) is 0 Å². The molecule has 0 amide bonds. The summed E-state index contributed by atoms with van der Waals surface area (Å²) >= 11 is 6.25.